The Labute approximate surface area is 119 Å². The van der Waals surface area contributed by atoms with Gasteiger partial charge in [0.1, 0.15) is 6.04 Å². The molecule has 0 aromatic heterocycles. The Balaban J connectivity index is 2.02. The lowest BCUT2D eigenvalue weighted by atomic mass is 9.89. The summed E-state index contributed by atoms with van der Waals surface area (Å²) >= 11 is 0. The van der Waals surface area contributed by atoms with Gasteiger partial charge in [-0.2, -0.15) is 0 Å². The average Bonchev–Trinajstić information content (AvgIpc) is 2.94. The molecular formula is C14H24N2O4. The van der Waals surface area contributed by atoms with Crippen molar-refractivity contribution in [2.75, 3.05) is 26.7 Å². The largest absolute Gasteiger partial charge is 0.480 e. The minimum absolute atomic E-state index is 0.0791. The maximum atomic E-state index is 12.5. The molecule has 2 amide bonds. The number of aliphatic carboxylic acids is 1. The highest BCUT2D eigenvalue weighted by molar-refractivity contribution is 5.83. The lowest BCUT2D eigenvalue weighted by Gasteiger charge is -2.38. The molecule has 114 valence electrons. The summed E-state index contributed by atoms with van der Waals surface area (Å²) in [4.78, 5) is 27.2. The van der Waals surface area contributed by atoms with Gasteiger partial charge >= 0.3 is 12.0 Å². The second-order valence-corrected chi connectivity index (χ2v) is 5.72. The van der Waals surface area contributed by atoms with E-state index in [1.165, 1.54) is 4.90 Å². The van der Waals surface area contributed by atoms with Gasteiger partial charge in [-0.3, -0.25) is 0 Å². The topological polar surface area (TPSA) is 70.1 Å². The molecule has 2 aliphatic rings. The van der Waals surface area contributed by atoms with Crippen molar-refractivity contribution in [3.05, 3.63) is 0 Å². The number of carbonyl (C=O) groups excluding carboxylic acids is 1. The summed E-state index contributed by atoms with van der Waals surface area (Å²) in [7, 11) is 1.64. The Morgan fingerprint density at radius 3 is 2.60 bits per heavy atom. The third-order valence-corrected chi connectivity index (χ3v) is 4.57. The van der Waals surface area contributed by atoms with Crippen LogP contribution in [0.2, 0.25) is 0 Å². The van der Waals surface area contributed by atoms with E-state index in [2.05, 4.69) is 6.92 Å². The average molecular weight is 284 g/mol. The van der Waals surface area contributed by atoms with Crippen LogP contribution >= 0.6 is 0 Å². The van der Waals surface area contributed by atoms with E-state index in [-0.39, 0.29) is 12.1 Å². The number of nitrogens with zero attached hydrogens (tertiary/aromatic N) is 2. The van der Waals surface area contributed by atoms with Crippen molar-refractivity contribution in [3.8, 4) is 0 Å². The van der Waals surface area contributed by atoms with Crippen LogP contribution in [0.1, 0.15) is 32.6 Å². The van der Waals surface area contributed by atoms with Crippen molar-refractivity contribution in [1.82, 2.24) is 9.80 Å². The SMILES string of the molecule is CCC1CCN(C(=O)N2CCC(OC)C2)C(C(=O)O)C1. The number of likely N-dealkylation sites (tertiary alicyclic amines) is 2. The van der Waals surface area contributed by atoms with E-state index < -0.39 is 12.0 Å². The van der Waals surface area contributed by atoms with Gasteiger partial charge in [-0.05, 0) is 25.2 Å². The van der Waals surface area contributed by atoms with Crippen LogP contribution < -0.4 is 0 Å². The fourth-order valence-corrected chi connectivity index (χ4v) is 3.15. The summed E-state index contributed by atoms with van der Waals surface area (Å²) in [5.74, 6) is -0.482. The van der Waals surface area contributed by atoms with Crippen LogP contribution in [0.4, 0.5) is 4.79 Å². The molecule has 2 saturated heterocycles. The fourth-order valence-electron chi connectivity index (χ4n) is 3.15. The summed E-state index contributed by atoms with van der Waals surface area (Å²) in [6.45, 7) is 3.83. The summed E-state index contributed by atoms with van der Waals surface area (Å²) in [5.41, 5.74) is 0. The molecule has 6 nitrogen and oxygen atoms in total. The highest BCUT2D eigenvalue weighted by atomic mass is 16.5. The Kier molecular flexibility index (Phi) is 4.86. The second kappa shape index (κ2) is 6.43. The zero-order chi connectivity index (χ0) is 14.7. The molecule has 0 saturated carbocycles. The van der Waals surface area contributed by atoms with Crippen LogP contribution in [0.3, 0.4) is 0 Å². The third kappa shape index (κ3) is 3.06. The molecule has 3 unspecified atom stereocenters. The zero-order valence-corrected chi connectivity index (χ0v) is 12.2. The van der Waals surface area contributed by atoms with Gasteiger partial charge < -0.3 is 19.6 Å². The van der Waals surface area contributed by atoms with E-state index in [4.69, 9.17) is 4.74 Å². The zero-order valence-electron chi connectivity index (χ0n) is 12.2. The number of carboxylic acid groups (broad SMARTS) is 1. The van der Waals surface area contributed by atoms with Crippen LogP contribution in [-0.2, 0) is 9.53 Å². The summed E-state index contributed by atoms with van der Waals surface area (Å²) in [6.07, 6.45) is 3.34. The first-order valence-corrected chi connectivity index (χ1v) is 7.38. The first-order chi connectivity index (χ1) is 9.56. The second-order valence-electron chi connectivity index (χ2n) is 5.72. The first kappa shape index (κ1) is 15.1. The maximum Gasteiger partial charge on any atom is 0.326 e. The highest BCUT2D eigenvalue weighted by Gasteiger charge is 2.39. The molecule has 0 aromatic rings. The number of piperidine rings is 1. The number of rotatable bonds is 3. The summed E-state index contributed by atoms with van der Waals surface area (Å²) in [6, 6.07) is -0.825. The standard InChI is InChI=1S/C14H24N2O4/c1-3-10-4-7-16(12(8-10)13(17)18)14(19)15-6-5-11(9-15)20-2/h10-12H,3-9H2,1-2H3,(H,17,18). The van der Waals surface area contributed by atoms with Gasteiger partial charge in [-0.15, -0.1) is 0 Å². The summed E-state index contributed by atoms with van der Waals surface area (Å²) in [5, 5.41) is 9.37. The van der Waals surface area contributed by atoms with Crippen molar-refractivity contribution in [1.29, 1.82) is 0 Å². The molecule has 0 aliphatic carbocycles. The normalized spacial score (nSPS) is 30.6. The summed E-state index contributed by atoms with van der Waals surface area (Å²) < 4.78 is 5.26. The number of ether oxygens (including phenoxy) is 1. The number of hydrogen-bond donors (Lipinski definition) is 1. The van der Waals surface area contributed by atoms with Crippen molar-refractivity contribution >= 4 is 12.0 Å². The third-order valence-electron chi connectivity index (χ3n) is 4.57. The van der Waals surface area contributed by atoms with Crippen molar-refractivity contribution in [2.45, 2.75) is 44.8 Å². The predicted molar refractivity (Wildman–Crippen MR) is 73.5 cm³/mol. The number of methoxy groups -OCH3 is 1. The van der Waals surface area contributed by atoms with Crippen molar-refractivity contribution in [3.63, 3.8) is 0 Å². The highest BCUT2D eigenvalue weighted by Crippen LogP contribution is 2.27. The number of carboxylic acids is 1. The smallest absolute Gasteiger partial charge is 0.326 e. The number of hydrogen-bond acceptors (Lipinski definition) is 3. The van der Waals surface area contributed by atoms with E-state index in [0.29, 0.717) is 32.0 Å². The lowest BCUT2D eigenvalue weighted by molar-refractivity contribution is -0.144. The Morgan fingerprint density at radius 1 is 1.30 bits per heavy atom. The monoisotopic (exact) mass is 284 g/mol. The van der Waals surface area contributed by atoms with Gasteiger partial charge in [0.2, 0.25) is 0 Å². The van der Waals surface area contributed by atoms with Crippen molar-refractivity contribution in [2.24, 2.45) is 5.92 Å². The van der Waals surface area contributed by atoms with Crippen LogP contribution in [-0.4, -0.2) is 65.8 Å². The Hall–Kier alpha value is -1.30. The van der Waals surface area contributed by atoms with E-state index in [1.54, 1.807) is 12.0 Å². The maximum absolute atomic E-state index is 12.5. The molecule has 0 radical (unpaired) electrons. The van der Waals surface area contributed by atoms with Crippen LogP contribution in [0.5, 0.6) is 0 Å². The fraction of sp³-hybridized carbons (Fsp3) is 0.857. The Morgan fingerprint density at radius 2 is 2.05 bits per heavy atom. The molecule has 3 atom stereocenters. The van der Waals surface area contributed by atoms with Gasteiger partial charge in [-0.1, -0.05) is 13.3 Å². The molecular weight excluding hydrogens is 260 g/mol. The minimum Gasteiger partial charge on any atom is -0.480 e. The van der Waals surface area contributed by atoms with Gasteiger partial charge in [-0.25, -0.2) is 9.59 Å². The predicted octanol–water partition coefficient (Wildman–Crippen LogP) is 1.40. The number of urea groups is 1. The van der Waals surface area contributed by atoms with Crippen LogP contribution in [0.15, 0.2) is 0 Å². The molecule has 6 heteroatoms. The lowest BCUT2D eigenvalue weighted by Crippen LogP contribution is -2.54. The molecule has 0 aromatic carbocycles. The molecule has 0 bridgehead atoms. The molecule has 2 fully saturated rings. The van der Waals surface area contributed by atoms with Crippen LogP contribution in [0.25, 0.3) is 0 Å². The molecule has 20 heavy (non-hydrogen) atoms. The molecule has 2 aliphatic heterocycles. The van der Waals surface area contributed by atoms with E-state index in [0.717, 1.165) is 19.3 Å². The number of amides is 2. The van der Waals surface area contributed by atoms with E-state index in [1.807, 2.05) is 0 Å². The van der Waals surface area contributed by atoms with Gasteiger partial charge in [0.05, 0.1) is 6.10 Å². The first-order valence-electron chi connectivity index (χ1n) is 7.38. The van der Waals surface area contributed by atoms with Crippen LogP contribution in [0, 0.1) is 5.92 Å². The van der Waals surface area contributed by atoms with Crippen molar-refractivity contribution < 1.29 is 19.4 Å². The molecule has 1 N–H and O–H groups in total. The van der Waals surface area contributed by atoms with E-state index in [9.17, 15) is 14.7 Å². The molecule has 2 rings (SSSR count). The number of carbonyl (C=O) groups is 2. The Bertz CT molecular complexity index is 374. The molecule has 0 spiro atoms. The van der Waals surface area contributed by atoms with E-state index >= 15 is 0 Å². The quantitative estimate of drug-likeness (QED) is 0.850. The minimum atomic E-state index is -0.890. The van der Waals surface area contributed by atoms with Gasteiger partial charge in [0, 0.05) is 26.7 Å². The van der Waals surface area contributed by atoms with Gasteiger partial charge in [0.15, 0.2) is 0 Å². The molecule has 2 heterocycles. The van der Waals surface area contributed by atoms with Gasteiger partial charge in [0.25, 0.3) is 0 Å².